The van der Waals surface area contributed by atoms with Gasteiger partial charge in [0.2, 0.25) is 0 Å². The van der Waals surface area contributed by atoms with Crippen LogP contribution in [0.3, 0.4) is 0 Å². The van der Waals surface area contributed by atoms with Crippen LogP contribution in [-0.4, -0.2) is 36.1 Å². The summed E-state index contributed by atoms with van der Waals surface area (Å²) >= 11 is 0. The molecule has 0 spiro atoms. The van der Waals surface area contributed by atoms with Crippen molar-refractivity contribution >= 4 is 10.9 Å². The number of nitrogens with one attached hydrogen (secondary N) is 1. The molecule has 2 aromatic heterocycles. The minimum atomic E-state index is 0.0117. The molecular weight excluding hydrogens is 412 g/mol. The first-order valence-corrected chi connectivity index (χ1v) is 12.7. The van der Waals surface area contributed by atoms with Gasteiger partial charge in [0, 0.05) is 18.2 Å². The van der Waals surface area contributed by atoms with E-state index in [1.54, 1.807) is 0 Å². The van der Waals surface area contributed by atoms with Crippen LogP contribution in [0.5, 0.6) is 0 Å². The van der Waals surface area contributed by atoms with E-state index in [1.165, 1.54) is 38.5 Å². The Morgan fingerprint density at radius 1 is 1.12 bits per heavy atom. The number of pyridine rings is 1. The van der Waals surface area contributed by atoms with E-state index in [0.717, 1.165) is 40.7 Å². The van der Waals surface area contributed by atoms with E-state index in [0.29, 0.717) is 24.5 Å². The highest BCUT2D eigenvalue weighted by Crippen LogP contribution is 2.38. The molecule has 33 heavy (non-hydrogen) atoms. The maximum atomic E-state index is 13.2. The monoisotopic (exact) mass is 448 g/mol. The van der Waals surface area contributed by atoms with Crippen molar-refractivity contribution in [1.29, 1.82) is 0 Å². The zero-order valence-corrected chi connectivity index (χ0v) is 20.1. The molecule has 5 rings (SSSR count). The Kier molecular flexibility index (Phi) is 6.32. The van der Waals surface area contributed by atoms with Crippen molar-refractivity contribution in [2.45, 2.75) is 96.8 Å². The molecule has 1 atom stereocenters. The van der Waals surface area contributed by atoms with Crippen LogP contribution in [0, 0.1) is 12.8 Å². The molecule has 2 aliphatic rings. The fraction of sp³-hybridized carbons (Fsp3) is 0.615. The van der Waals surface area contributed by atoms with Gasteiger partial charge in [0.05, 0.1) is 17.6 Å². The van der Waals surface area contributed by atoms with Gasteiger partial charge in [-0.2, -0.15) is 0 Å². The van der Waals surface area contributed by atoms with E-state index < -0.39 is 0 Å². The first kappa shape index (κ1) is 22.3. The number of aromatic nitrogens is 5. The highest BCUT2D eigenvalue weighted by Gasteiger charge is 2.36. The fourth-order valence-electron chi connectivity index (χ4n) is 6.07. The number of para-hydroxylation sites is 1. The third-order valence-electron chi connectivity index (χ3n) is 7.75. The summed E-state index contributed by atoms with van der Waals surface area (Å²) in [5.41, 5.74) is 2.87. The minimum Gasteiger partial charge on any atom is -0.321 e. The SMILES string of the molecule is Cc1cccc2cc(CN(C3CCCC3)C(c3nnnn3C3CCCC3)C(C)C)c(=O)[nH]c12. The fourth-order valence-corrected chi connectivity index (χ4v) is 6.07. The molecule has 1 N–H and O–H groups in total. The topological polar surface area (TPSA) is 79.7 Å². The number of hydrogen-bond acceptors (Lipinski definition) is 5. The Hall–Kier alpha value is -2.54. The first-order chi connectivity index (χ1) is 16.0. The van der Waals surface area contributed by atoms with Gasteiger partial charge in [0.1, 0.15) is 0 Å². The highest BCUT2D eigenvalue weighted by atomic mass is 16.1. The van der Waals surface area contributed by atoms with Crippen LogP contribution in [-0.2, 0) is 6.54 Å². The van der Waals surface area contributed by atoms with Crippen molar-refractivity contribution in [1.82, 2.24) is 30.1 Å². The maximum absolute atomic E-state index is 13.2. The molecule has 2 heterocycles. The van der Waals surface area contributed by atoms with Crippen LogP contribution >= 0.6 is 0 Å². The zero-order valence-electron chi connectivity index (χ0n) is 20.1. The van der Waals surface area contributed by atoms with Crippen molar-refractivity contribution in [3.63, 3.8) is 0 Å². The van der Waals surface area contributed by atoms with E-state index in [4.69, 9.17) is 0 Å². The van der Waals surface area contributed by atoms with Gasteiger partial charge in [-0.05, 0) is 66.0 Å². The van der Waals surface area contributed by atoms with E-state index in [2.05, 4.69) is 62.1 Å². The summed E-state index contributed by atoms with van der Waals surface area (Å²) in [7, 11) is 0. The van der Waals surface area contributed by atoms with Gasteiger partial charge >= 0.3 is 0 Å². The quantitative estimate of drug-likeness (QED) is 0.545. The second-order valence-corrected chi connectivity index (χ2v) is 10.4. The predicted octanol–water partition coefficient (Wildman–Crippen LogP) is 5.08. The third kappa shape index (κ3) is 4.35. The average molecular weight is 449 g/mol. The molecule has 2 fully saturated rings. The summed E-state index contributed by atoms with van der Waals surface area (Å²) < 4.78 is 2.10. The molecule has 3 aromatic rings. The smallest absolute Gasteiger partial charge is 0.252 e. The average Bonchev–Trinajstić information content (AvgIpc) is 3.56. The standard InChI is InChI=1S/C26H36N6O/c1-17(2)24(25-28-29-30-32(25)22-13-6-7-14-22)31(21-11-4-5-12-21)16-20-15-19-10-8-9-18(3)23(19)27-26(20)33/h8-10,15,17,21-22,24H,4-7,11-14,16H2,1-3H3,(H,27,33). The summed E-state index contributed by atoms with van der Waals surface area (Å²) in [6.45, 7) is 7.17. The Bertz CT molecular complexity index is 1150. The van der Waals surface area contributed by atoms with Gasteiger partial charge in [-0.1, -0.05) is 57.7 Å². The Labute approximate surface area is 195 Å². The number of benzene rings is 1. The lowest BCUT2D eigenvalue weighted by atomic mass is 9.97. The lowest BCUT2D eigenvalue weighted by Crippen LogP contribution is -2.41. The van der Waals surface area contributed by atoms with Gasteiger partial charge in [-0.3, -0.25) is 9.69 Å². The number of nitrogens with zero attached hydrogens (tertiary/aromatic N) is 5. The molecule has 0 saturated heterocycles. The van der Waals surface area contributed by atoms with Crippen LogP contribution < -0.4 is 5.56 Å². The Balaban J connectivity index is 1.55. The van der Waals surface area contributed by atoms with Crippen LogP contribution in [0.25, 0.3) is 10.9 Å². The van der Waals surface area contributed by atoms with Crippen molar-refractivity contribution in [3.05, 3.63) is 51.6 Å². The molecule has 1 aromatic carbocycles. The lowest BCUT2D eigenvalue weighted by molar-refractivity contribution is 0.0826. The van der Waals surface area contributed by atoms with E-state index in [9.17, 15) is 4.79 Å². The van der Waals surface area contributed by atoms with Gasteiger partial charge < -0.3 is 4.98 Å². The van der Waals surface area contributed by atoms with Crippen LogP contribution in [0.2, 0.25) is 0 Å². The molecule has 2 aliphatic carbocycles. The van der Waals surface area contributed by atoms with Crippen LogP contribution in [0.1, 0.15) is 94.2 Å². The largest absolute Gasteiger partial charge is 0.321 e. The van der Waals surface area contributed by atoms with Crippen molar-refractivity contribution in [2.24, 2.45) is 5.92 Å². The van der Waals surface area contributed by atoms with E-state index >= 15 is 0 Å². The summed E-state index contributed by atoms with van der Waals surface area (Å²) in [5, 5.41) is 14.2. The maximum Gasteiger partial charge on any atom is 0.252 e. The number of rotatable bonds is 7. The number of hydrogen-bond donors (Lipinski definition) is 1. The highest BCUT2D eigenvalue weighted by molar-refractivity contribution is 5.81. The van der Waals surface area contributed by atoms with Gasteiger partial charge in [-0.25, -0.2) is 4.68 Å². The molecule has 176 valence electrons. The van der Waals surface area contributed by atoms with Crippen LogP contribution in [0.4, 0.5) is 0 Å². The number of tetrazole rings is 1. The predicted molar refractivity (Wildman–Crippen MR) is 130 cm³/mol. The summed E-state index contributed by atoms with van der Waals surface area (Å²) in [6.07, 6.45) is 9.60. The number of aryl methyl sites for hydroxylation is 1. The van der Waals surface area contributed by atoms with Crippen molar-refractivity contribution < 1.29 is 0 Å². The summed E-state index contributed by atoms with van der Waals surface area (Å²) in [4.78, 5) is 18.9. The number of aromatic amines is 1. The third-order valence-corrected chi connectivity index (χ3v) is 7.75. The normalized spacial score (nSPS) is 18.8. The second kappa shape index (κ2) is 9.37. The molecular formula is C26H36N6O. The molecule has 0 radical (unpaired) electrons. The number of H-pyrrole nitrogens is 1. The Morgan fingerprint density at radius 2 is 1.85 bits per heavy atom. The van der Waals surface area contributed by atoms with Gasteiger partial charge in [-0.15, -0.1) is 5.10 Å². The summed E-state index contributed by atoms with van der Waals surface area (Å²) in [5.74, 6) is 1.30. The molecule has 0 bridgehead atoms. The minimum absolute atomic E-state index is 0.0117. The number of fused-ring (bicyclic) bond motifs is 1. The van der Waals surface area contributed by atoms with Crippen molar-refractivity contribution in [3.8, 4) is 0 Å². The zero-order chi connectivity index (χ0) is 22.9. The molecule has 2 saturated carbocycles. The second-order valence-electron chi connectivity index (χ2n) is 10.4. The van der Waals surface area contributed by atoms with Gasteiger partial charge in [0.15, 0.2) is 5.82 Å². The molecule has 0 aliphatic heterocycles. The Morgan fingerprint density at radius 3 is 2.58 bits per heavy atom. The first-order valence-electron chi connectivity index (χ1n) is 12.7. The van der Waals surface area contributed by atoms with Gasteiger partial charge in [0.25, 0.3) is 5.56 Å². The van der Waals surface area contributed by atoms with E-state index in [-0.39, 0.29) is 11.6 Å². The molecule has 1 unspecified atom stereocenters. The van der Waals surface area contributed by atoms with Crippen molar-refractivity contribution in [2.75, 3.05) is 0 Å². The lowest BCUT2D eigenvalue weighted by Gasteiger charge is -2.38. The molecule has 7 nitrogen and oxygen atoms in total. The summed E-state index contributed by atoms with van der Waals surface area (Å²) in [6, 6.07) is 9.19. The van der Waals surface area contributed by atoms with E-state index in [1.807, 2.05) is 13.0 Å². The van der Waals surface area contributed by atoms with Crippen LogP contribution in [0.15, 0.2) is 29.1 Å². The molecule has 0 amide bonds. The molecule has 7 heteroatoms.